The molecule has 1 aromatic carbocycles. The minimum absolute atomic E-state index is 0.471. The summed E-state index contributed by atoms with van der Waals surface area (Å²) in [6.45, 7) is -0.989. The molecule has 0 spiro atoms. The molecule has 1 aliphatic carbocycles. The van der Waals surface area contributed by atoms with Crippen LogP contribution in [0.3, 0.4) is 0 Å². The summed E-state index contributed by atoms with van der Waals surface area (Å²) in [6.07, 6.45) is -3.82. The number of nitrogens with zero attached hydrogens (tertiary/aromatic N) is 1. The van der Waals surface area contributed by atoms with Gasteiger partial charge in [-0.15, -0.1) is 0 Å². The highest BCUT2D eigenvalue weighted by molar-refractivity contribution is 5.32. The molecular formula is C13H16F3NO. The Hall–Kier alpha value is -1.07. The summed E-state index contributed by atoms with van der Waals surface area (Å²) in [5, 5.41) is 10.2. The van der Waals surface area contributed by atoms with E-state index in [1.165, 1.54) is 11.9 Å². The van der Waals surface area contributed by atoms with Crippen LogP contribution in [0.4, 0.5) is 13.2 Å². The maximum absolute atomic E-state index is 12.4. The topological polar surface area (TPSA) is 23.5 Å². The Labute approximate surface area is 104 Å². The van der Waals surface area contributed by atoms with E-state index in [4.69, 9.17) is 0 Å². The van der Waals surface area contributed by atoms with E-state index in [1.54, 1.807) is 12.1 Å². The first-order chi connectivity index (χ1) is 8.38. The lowest BCUT2D eigenvalue weighted by Gasteiger charge is -2.36. The predicted octanol–water partition coefficient (Wildman–Crippen LogP) is 2.53. The van der Waals surface area contributed by atoms with Gasteiger partial charge >= 0.3 is 6.18 Å². The van der Waals surface area contributed by atoms with Gasteiger partial charge in [0.05, 0.1) is 12.6 Å². The number of fused-ring (bicyclic) bond motifs is 1. The molecule has 0 saturated heterocycles. The normalized spacial score (nSPS) is 24.1. The monoisotopic (exact) mass is 259 g/mol. The second-order valence-corrected chi connectivity index (χ2v) is 4.78. The molecule has 100 valence electrons. The number of aliphatic hydroxyl groups is 1. The number of likely N-dealkylation sites (N-methyl/N-ethyl adjacent to an activating group) is 1. The molecule has 1 aromatic rings. The highest BCUT2D eigenvalue weighted by Crippen LogP contribution is 2.33. The first-order valence-electron chi connectivity index (χ1n) is 5.91. The molecule has 0 fully saturated rings. The van der Waals surface area contributed by atoms with Gasteiger partial charge in [0.1, 0.15) is 0 Å². The van der Waals surface area contributed by atoms with E-state index in [0.29, 0.717) is 12.8 Å². The quantitative estimate of drug-likeness (QED) is 0.882. The van der Waals surface area contributed by atoms with Gasteiger partial charge in [-0.25, -0.2) is 0 Å². The molecule has 0 bridgehead atoms. The molecule has 5 heteroatoms. The minimum atomic E-state index is -4.23. The van der Waals surface area contributed by atoms with Crippen LogP contribution in [0.1, 0.15) is 23.7 Å². The molecule has 0 aliphatic heterocycles. The Morgan fingerprint density at radius 2 is 2.00 bits per heavy atom. The molecule has 2 unspecified atom stereocenters. The fourth-order valence-electron chi connectivity index (χ4n) is 2.58. The number of hydrogen-bond acceptors (Lipinski definition) is 2. The Morgan fingerprint density at radius 3 is 2.67 bits per heavy atom. The van der Waals surface area contributed by atoms with Gasteiger partial charge < -0.3 is 5.11 Å². The first-order valence-corrected chi connectivity index (χ1v) is 5.91. The number of alkyl halides is 3. The van der Waals surface area contributed by atoms with E-state index in [9.17, 15) is 18.3 Å². The number of aryl methyl sites for hydroxylation is 1. The van der Waals surface area contributed by atoms with Gasteiger partial charge in [0, 0.05) is 6.04 Å². The van der Waals surface area contributed by atoms with Crippen LogP contribution >= 0.6 is 0 Å². The molecule has 2 rings (SSSR count). The van der Waals surface area contributed by atoms with E-state index in [2.05, 4.69) is 0 Å². The summed E-state index contributed by atoms with van der Waals surface area (Å²) in [4.78, 5) is 1.20. The summed E-state index contributed by atoms with van der Waals surface area (Å²) in [5.74, 6) is 0. The average Bonchev–Trinajstić information content (AvgIpc) is 2.27. The van der Waals surface area contributed by atoms with E-state index in [0.717, 1.165) is 11.1 Å². The molecule has 2 atom stereocenters. The average molecular weight is 259 g/mol. The van der Waals surface area contributed by atoms with Crippen LogP contribution in [0.5, 0.6) is 0 Å². The molecule has 0 saturated carbocycles. The van der Waals surface area contributed by atoms with Crippen molar-refractivity contribution in [2.45, 2.75) is 31.2 Å². The fourth-order valence-corrected chi connectivity index (χ4v) is 2.58. The van der Waals surface area contributed by atoms with Crippen molar-refractivity contribution in [2.24, 2.45) is 0 Å². The number of halogens is 3. The highest BCUT2D eigenvalue weighted by Gasteiger charge is 2.36. The summed E-state index contributed by atoms with van der Waals surface area (Å²) in [5.41, 5.74) is 1.78. The van der Waals surface area contributed by atoms with Crippen LogP contribution in [0.15, 0.2) is 24.3 Å². The molecule has 18 heavy (non-hydrogen) atoms. The Balaban J connectivity index is 2.14. The lowest BCUT2D eigenvalue weighted by Crippen LogP contribution is -2.44. The Bertz CT molecular complexity index is 419. The van der Waals surface area contributed by atoms with Crippen LogP contribution < -0.4 is 0 Å². The van der Waals surface area contributed by atoms with E-state index >= 15 is 0 Å². The third-order valence-electron chi connectivity index (χ3n) is 3.44. The Kier molecular flexibility index (Phi) is 3.64. The Morgan fingerprint density at radius 1 is 1.33 bits per heavy atom. The van der Waals surface area contributed by atoms with Gasteiger partial charge in [-0.1, -0.05) is 24.3 Å². The first kappa shape index (κ1) is 13.4. The summed E-state index contributed by atoms with van der Waals surface area (Å²) in [7, 11) is 1.41. The predicted molar refractivity (Wildman–Crippen MR) is 62.2 cm³/mol. The van der Waals surface area contributed by atoms with Gasteiger partial charge in [0.25, 0.3) is 0 Å². The number of rotatable bonds is 2. The van der Waals surface area contributed by atoms with Crippen molar-refractivity contribution in [3.8, 4) is 0 Å². The largest absolute Gasteiger partial charge is 0.401 e. The third-order valence-corrected chi connectivity index (χ3v) is 3.44. The third kappa shape index (κ3) is 2.84. The van der Waals surface area contributed by atoms with E-state index in [-0.39, 0.29) is 0 Å². The van der Waals surface area contributed by atoms with Crippen molar-refractivity contribution in [1.82, 2.24) is 4.90 Å². The zero-order valence-electron chi connectivity index (χ0n) is 10.1. The van der Waals surface area contributed by atoms with Gasteiger partial charge in [0.2, 0.25) is 0 Å². The van der Waals surface area contributed by atoms with Crippen LogP contribution in [-0.4, -0.2) is 35.8 Å². The molecule has 0 aromatic heterocycles. The smallest absolute Gasteiger partial charge is 0.387 e. The maximum Gasteiger partial charge on any atom is 0.401 e. The lowest BCUT2D eigenvalue weighted by atomic mass is 9.85. The number of hydrogen-bond donors (Lipinski definition) is 1. The van der Waals surface area contributed by atoms with Crippen molar-refractivity contribution in [1.29, 1.82) is 0 Å². The van der Waals surface area contributed by atoms with Crippen molar-refractivity contribution in [3.63, 3.8) is 0 Å². The minimum Gasteiger partial charge on any atom is -0.387 e. The van der Waals surface area contributed by atoms with Crippen LogP contribution in [0.25, 0.3) is 0 Å². The fraction of sp³-hybridized carbons (Fsp3) is 0.538. The van der Waals surface area contributed by atoms with Crippen molar-refractivity contribution < 1.29 is 18.3 Å². The van der Waals surface area contributed by atoms with Gasteiger partial charge in [-0.2, -0.15) is 13.2 Å². The SMILES string of the molecule is CN(CC(F)(F)F)C1CCc2ccccc2C1O. The number of aliphatic hydroxyl groups excluding tert-OH is 1. The second-order valence-electron chi connectivity index (χ2n) is 4.78. The summed E-state index contributed by atoms with van der Waals surface area (Å²) >= 11 is 0. The lowest BCUT2D eigenvalue weighted by molar-refractivity contribution is -0.152. The molecule has 1 N–H and O–H groups in total. The van der Waals surface area contributed by atoms with Crippen molar-refractivity contribution in [3.05, 3.63) is 35.4 Å². The van der Waals surface area contributed by atoms with Gasteiger partial charge in [-0.05, 0) is 31.0 Å². The highest BCUT2D eigenvalue weighted by atomic mass is 19.4. The van der Waals surface area contributed by atoms with Crippen LogP contribution in [0, 0.1) is 0 Å². The molecule has 2 nitrogen and oxygen atoms in total. The second kappa shape index (κ2) is 4.90. The molecule has 0 heterocycles. The maximum atomic E-state index is 12.4. The summed E-state index contributed by atoms with van der Waals surface area (Å²) < 4.78 is 37.1. The van der Waals surface area contributed by atoms with Gasteiger partial charge in [0.15, 0.2) is 0 Å². The summed E-state index contributed by atoms with van der Waals surface area (Å²) in [6, 6.07) is 6.91. The zero-order chi connectivity index (χ0) is 13.3. The van der Waals surface area contributed by atoms with Crippen LogP contribution in [-0.2, 0) is 6.42 Å². The zero-order valence-corrected chi connectivity index (χ0v) is 10.1. The van der Waals surface area contributed by atoms with Crippen LogP contribution in [0.2, 0.25) is 0 Å². The van der Waals surface area contributed by atoms with E-state index < -0.39 is 24.9 Å². The molecular weight excluding hydrogens is 243 g/mol. The number of benzene rings is 1. The van der Waals surface area contributed by atoms with Gasteiger partial charge in [-0.3, -0.25) is 4.90 Å². The van der Waals surface area contributed by atoms with Crippen molar-refractivity contribution >= 4 is 0 Å². The standard InChI is InChI=1S/C13H16F3NO/c1-17(8-13(14,15)16)11-7-6-9-4-2-3-5-10(9)12(11)18/h2-5,11-12,18H,6-8H2,1H3. The molecule has 0 radical (unpaired) electrons. The van der Waals surface area contributed by atoms with Crippen molar-refractivity contribution in [2.75, 3.05) is 13.6 Å². The molecule has 1 aliphatic rings. The molecule has 0 amide bonds. The van der Waals surface area contributed by atoms with E-state index in [1.807, 2.05) is 12.1 Å².